The Morgan fingerprint density at radius 1 is 1.05 bits per heavy atom. The number of hydrogen-bond acceptors (Lipinski definition) is 3. The predicted molar refractivity (Wildman–Crippen MR) is 75.7 cm³/mol. The monoisotopic (exact) mass is 259 g/mol. The van der Waals surface area contributed by atoms with Crippen LogP contribution in [0.2, 0.25) is 0 Å². The van der Waals surface area contributed by atoms with E-state index in [2.05, 4.69) is 22.4 Å². The van der Waals surface area contributed by atoms with Gasteiger partial charge in [0.2, 0.25) is 0 Å². The highest BCUT2D eigenvalue weighted by Gasteiger charge is 2.11. The minimum atomic E-state index is -0.243. The average Bonchev–Trinajstić information content (AvgIpc) is 2.42. The molecule has 0 aliphatic heterocycles. The molecule has 1 aromatic heterocycles. The van der Waals surface area contributed by atoms with Crippen molar-refractivity contribution in [2.24, 2.45) is 0 Å². The Labute approximate surface area is 112 Å². The maximum absolute atomic E-state index is 12.9. The Hall–Kier alpha value is -1.97. The molecule has 0 spiro atoms. The normalized spacial score (nSPS) is 10.5. The van der Waals surface area contributed by atoms with Gasteiger partial charge in [0.15, 0.2) is 5.82 Å². The summed E-state index contributed by atoms with van der Waals surface area (Å²) in [7, 11) is 0. The average molecular weight is 259 g/mol. The van der Waals surface area contributed by atoms with Gasteiger partial charge in [0.25, 0.3) is 0 Å². The standard InChI is InChI=1S/C15H18FN3/c1-4-9-17-15-11(3)10(2)14(18-19-15)12-5-7-13(16)8-6-12/h5-8H,4,9H2,1-3H3,(H,17,19). The van der Waals surface area contributed by atoms with E-state index in [4.69, 9.17) is 0 Å². The molecule has 4 heteroatoms. The van der Waals surface area contributed by atoms with Gasteiger partial charge in [-0.25, -0.2) is 4.39 Å². The van der Waals surface area contributed by atoms with E-state index in [1.54, 1.807) is 12.1 Å². The Bertz CT molecular complexity index is 564. The minimum absolute atomic E-state index is 0.243. The number of benzene rings is 1. The summed E-state index contributed by atoms with van der Waals surface area (Å²) in [6, 6.07) is 6.33. The fourth-order valence-electron chi connectivity index (χ4n) is 1.90. The lowest BCUT2D eigenvalue weighted by Crippen LogP contribution is -2.07. The lowest BCUT2D eigenvalue weighted by atomic mass is 10.0. The van der Waals surface area contributed by atoms with Crippen LogP contribution in [-0.4, -0.2) is 16.7 Å². The second kappa shape index (κ2) is 5.78. The highest BCUT2D eigenvalue weighted by atomic mass is 19.1. The van der Waals surface area contributed by atoms with Crippen LogP contribution in [0.5, 0.6) is 0 Å². The minimum Gasteiger partial charge on any atom is -0.368 e. The third-order valence-corrected chi connectivity index (χ3v) is 3.18. The van der Waals surface area contributed by atoms with Crippen molar-refractivity contribution in [1.82, 2.24) is 10.2 Å². The zero-order valence-corrected chi connectivity index (χ0v) is 11.5. The zero-order valence-electron chi connectivity index (χ0n) is 11.5. The zero-order chi connectivity index (χ0) is 13.8. The fraction of sp³-hybridized carbons (Fsp3) is 0.333. The number of halogens is 1. The molecule has 0 saturated heterocycles. The first-order valence-corrected chi connectivity index (χ1v) is 6.47. The van der Waals surface area contributed by atoms with Gasteiger partial charge < -0.3 is 5.32 Å². The van der Waals surface area contributed by atoms with Crippen molar-refractivity contribution >= 4 is 5.82 Å². The summed E-state index contributed by atoms with van der Waals surface area (Å²) < 4.78 is 12.9. The van der Waals surface area contributed by atoms with Crippen LogP contribution in [0.3, 0.4) is 0 Å². The molecule has 0 radical (unpaired) electrons. The number of nitrogens with one attached hydrogen (secondary N) is 1. The summed E-state index contributed by atoms with van der Waals surface area (Å²) >= 11 is 0. The van der Waals surface area contributed by atoms with Crippen molar-refractivity contribution in [2.45, 2.75) is 27.2 Å². The van der Waals surface area contributed by atoms with E-state index in [0.29, 0.717) is 0 Å². The van der Waals surface area contributed by atoms with Crippen molar-refractivity contribution < 1.29 is 4.39 Å². The largest absolute Gasteiger partial charge is 0.368 e. The van der Waals surface area contributed by atoms with E-state index < -0.39 is 0 Å². The lowest BCUT2D eigenvalue weighted by Gasteiger charge is -2.12. The van der Waals surface area contributed by atoms with Crippen molar-refractivity contribution in [3.63, 3.8) is 0 Å². The summed E-state index contributed by atoms with van der Waals surface area (Å²) in [5, 5.41) is 11.7. The Morgan fingerprint density at radius 2 is 1.74 bits per heavy atom. The Kier molecular flexibility index (Phi) is 4.10. The molecule has 0 fully saturated rings. The maximum atomic E-state index is 12.9. The molecule has 2 aromatic rings. The SMILES string of the molecule is CCCNc1nnc(-c2ccc(F)cc2)c(C)c1C. The summed E-state index contributed by atoms with van der Waals surface area (Å²) in [5.74, 6) is 0.581. The van der Waals surface area contributed by atoms with E-state index in [-0.39, 0.29) is 5.82 Å². The molecule has 1 aromatic carbocycles. The van der Waals surface area contributed by atoms with Crippen LogP contribution in [0.4, 0.5) is 10.2 Å². The second-order valence-electron chi connectivity index (χ2n) is 4.58. The van der Waals surface area contributed by atoms with Gasteiger partial charge in [0, 0.05) is 12.1 Å². The molecule has 0 aliphatic carbocycles. The molecule has 3 nitrogen and oxygen atoms in total. The number of hydrogen-bond donors (Lipinski definition) is 1. The van der Waals surface area contributed by atoms with Gasteiger partial charge in [-0.15, -0.1) is 10.2 Å². The predicted octanol–water partition coefficient (Wildman–Crippen LogP) is 3.72. The molecule has 2 rings (SSSR count). The van der Waals surface area contributed by atoms with E-state index in [0.717, 1.165) is 41.2 Å². The molecule has 0 saturated carbocycles. The summed E-state index contributed by atoms with van der Waals surface area (Å²) in [6.07, 6.45) is 1.04. The van der Waals surface area contributed by atoms with Gasteiger partial charge in [-0.2, -0.15) is 0 Å². The summed E-state index contributed by atoms with van der Waals surface area (Å²) in [6.45, 7) is 7.02. The summed E-state index contributed by atoms with van der Waals surface area (Å²) in [5.41, 5.74) is 3.85. The van der Waals surface area contributed by atoms with Crippen LogP contribution in [0.15, 0.2) is 24.3 Å². The van der Waals surface area contributed by atoms with Crippen LogP contribution in [-0.2, 0) is 0 Å². The van der Waals surface area contributed by atoms with Gasteiger partial charge in [-0.1, -0.05) is 6.92 Å². The van der Waals surface area contributed by atoms with E-state index in [1.165, 1.54) is 12.1 Å². The molecule has 1 N–H and O–H groups in total. The third-order valence-electron chi connectivity index (χ3n) is 3.18. The topological polar surface area (TPSA) is 37.8 Å². The van der Waals surface area contributed by atoms with Crippen molar-refractivity contribution in [3.8, 4) is 11.3 Å². The van der Waals surface area contributed by atoms with Crippen molar-refractivity contribution in [1.29, 1.82) is 0 Å². The fourth-order valence-corrected chi connectivity index (χ4v) is 1.90. The first-order valence-electron chi connectivity index (χ1n) is 6.47. The van der Waals surface area contributed by atoms with Crippen LogP contribution in [0, 0.1) is 19.7 Å². The van der Waals surface area contributed by atoms with Crippen LogP contribution >= 0.6 is 0 Å². The number of rotatable bonds is 4. The smallest absolute Gasteiger partial charge is 0.151 e. The molecular weight excluding hydrogens is 241 g/mol. The molecule has 0 atom stereocenters. The second-order valence-corrected chi connectivity index (χ2v) is 4.58. The van der Waals surface area contributed by atoms with Crippen LogP contribution in [0.1, 0.15) is 24.5 Å². The van der Waals surface area contributed by atoms with E-state index in [9.17, 15) is 4.39 Å². The molecule has 1 heterocycles. The van der Waals surface area contributed by atoms with Gasteiger partial charge in [-0.3, -0.25) is 0 Å². The molecule has 0 aliphatic rings. The van der Waals surface area contributed by atoms with Gasteiger partial charge in [0.05, 0.1) is 5.69 Å². The highest BCUT2D eigenvalue weighted by molar-refractivity contribution is 5.66. The van der Waals surface area contributed by atoms with Crippen molar-refractivity contribution in [2.75, 3.05) is 11.9 Å². The van der Waals surface area contributed by atoms with E-state index >= 15 is 0 Å². The van der Waals surface area contributed by atoms with Gasteiger partial charge in [0.1, 0.15) is 5.82 Å². The molecule has 0 bridgehead atoms. The lowest BCUT2D eigenvalue weighted by molar-refractivity contribution is 0.628. The third kappa shape index (κ3) is 2.89. The molecule has 100 valence electrons. The van der Waals surface area contributed by atoms with Crippen LogP contribution < -0.4 is 5.32 Å². The summed E-state index contributed by atoms with van der Waals surface area (Å²) in [4.78, 5) is 0. The Balaban J connectivity index is 2.38. The Morgan fingerprint density at radius 3 is 2.37 bits per heavy atom. The maximum Gasteiger partial charge on any atom is 0.151 e. The molecule has 0 unspecified atom stereocenters. The first kappa shape index (κ1) is 13.5. The number of nitrogens with zero attached hydrogens (tertiary/aromatic N) is 2. The van der Waals surface area contributed by atoms with E-state index in [1.807, 2.05) is 13.8 Å². The van der Waals surface area contributed by atoms with Crippen molar-refractivity contribution in [3.05, 3.63) is 41.2 Å². The first-order chi connectivity index (χ1) is 9.13. The van der Waals surface area contributed by atoms with Gasteiger partial charge in [-0.05, 0) is 55.7 Å². The molecular formula is C15H18FN3. The number of anilines is 1. The van der Waals surface area contributed by atoms with Gasteiger partial charge >= 0.3 is 0 Å². The highest BCUT2D eigenvalue weighted by Crippen LogP contribution is 2.25. The quantitative estimate of drug-likeness (QED) is 0.909. The molecule has 0 amide bonds. The molecule has 19 heavy (non-hydrogen) atoms. The number of aromatic nitrogens is 2. The van der Waals surface area contributed by atoms with Crippen LogP contribution in [0.25, 0.3) is 11.3 Å².